The van der Waals surface area contributed by atoms with Crippen LogP contribution in [0.25, 0.3) is 0 Å². The molecule has 114 valence electrons. The molecule has 0 radical (unpaired) electrons. The maximum atomic E-state index is 12.3. The van der Waals surface area contributed by atoms with Crippen molar-refractivity contribution in [2.24, 2.45) is 0 Å². The van der Waals surface area contributed by atoms with Crippen molar-refractivity contribution in [2.45, 2.75) is 38.2 Å². The van der Waals surface area contributed by atoms with Gasteiger partial charge >= 0.3 is 0 Å². The van der Waals surface area contributed by atoms with E-state index in [1.807, 2.05) is 16.8 Å². The van der Waals surface area contributed by atoms with Crippen LogP contribution in [0.5, 0.6) is 0 Å². The largest absolute Gasteiger partial charge is 0.384 e. The molecule has 1 fully saturated rings. The number of hydrogen-bond donors (Lipinski definition) is 2. The first-order valence-corrected chi connectivity index (χ1v) is 9.30. The molecule has 1 aromatic heterocycles. The normalized spacial score (nSPS) is 21.3. The third-order valence-electron chi connectivity index (χ3n) is 3.65. The summed E-state index contributed by atoms with van der Waals surface area (Å²) in [5, 5.41) is 14.1. The second-order valence-corrected chi connectivity index (χ2v) is 7.96. The lowest BCUT2D eigenvalue weighted by molar-refractivity contribution is 0.0627. The van der Waals surface area contributed by atoms with Crippen LogP contribution >= 0.6 is 11.3 Å². The van der Waals surface area contributed by atoms with Crippen molar-refractivity contribution in [3.8, 4) is 0 Å². The molecule has 1 atom stereocenters. The van der Waals surface area contributed by atoms with E-state index in [-0.39, 0.29) is 6.54 Å². The molecular weight excluding hydrogens is 296 g/mol. The van der Waals surface area contributed by atoms with Gasteiger partial charge in [0.15, 0.2) is 0 Å². The average Bonchev–Trinajstić information content (AvgIpc) is 2.80. The quantitative estimate of drug-likeness (QED) is 0.867. The summed E-state index contributed by atoms with van der Waals surface area (Å²) < 4.78 is 28.5. The molecule has 20 heavy (non-hydrogen) atoms. The fourth-order valence-electron chi connectivity index (χ4n) is 2.28. The Labute approximate surface area is 124 Å². The van der Waals surface area contributed by atoms with Crippen LogP contribution in [0.3, 0.4) is 0 Å². The minimum atomic E-state index is -3.50. The maximum absolute atomic E-state index is 12.3. The van der Waals surface area contributed by atoms with Gasteiger partial charge in [-0.2, -0.15) is 28.8 Å². The van der Waals surface area contributed by atoms with Gasteiger partial charge in [-0.15, -0.1) is 0 Å². The molecule has 0 saturated carbocycles. The van der Waals surface area contributed by atoms with Gasteiger partial charge in [-0.25, -0.2) is 0 Å². The second kappa shape index (κ2) is 6.53. The van der Waals surface area contributed by atoms with Gasteiger partial charge in [0.1, 0.15) is 5.60 Å². The lowest BCUT2D eigenvalue weighted by atomic mass is 10.0. The van der Waals surface area contributed by atoms with Gasteiger partial charge < -0.3 is 5.11 Å². The SMILES string of the molecule is CC(O)(CNS(=O)(=O)N1CCCCCC1)c1ccsc1. The minimum absolute atomic E-state index is 0.0113. The number of nitrogens with zero attached hydrogens (tertiary/aromatic N) is 1. The van der Waals surface area contributed by atoms with E-state index in [4.69, 9.17) is 0 Å². The number of rotatable bonds is 5. The fourth-order valence-corrected chi connectivity index (χ4v) is 4.45. The van der Waals surface area contributed by atoms with Crippen LogP contribution in [0.4, 0.5) is 0 Å². The van der Waals surface area contributed by atoms with Crippen molar-refractivity contribution in [3.05, 3.63) is 22.4 Å². The van der Waals surface area contributed by atoms with E-state index in [9.17, 15) is 13.5 Å². The van der Waals surface area contributed by atoms with Gasteiger partial charge in [-0.1, -0.05) is 12.8 Å². The highest BCUT2D eigenvalue weighted by Gasteiger charge is 2.29. The van der Waals surface area contributed by atoms with Gasteiger partial charge in [-0.05, 0) is 42.2 Å². The second-order valence-electron chi connectivity index (χ2n) is 5.43. The number of hydrogen-bond acceptors (Lipinski definition) is 4. The van der Waals surface area contributed by atoms with E-state index >= 15 is 0 Å². The summed E-state index contributed by atoms with van der Waals surface area (Å²) in [7, 11) is -3.50. The van der Waals surface area contributed by atoms with Crippen LogP contribution < -0.4 is 4.72 Å². The lowest BCUT2D eigenvalue weighted by Crippen LogP contribution is -2.46. The highest BCUT2D eigenvalue weighted by molar-refractivity contribution is 7.87. The van der Waals surface area contributed by atoms with Gasteiger partial charge in [0, 0.05) is 19.6 Å². The predicted octanol–water partition coefficient (Wildman–Crippen LogP) is 1.67. The van der Waals surface area contributed by atoms with Gasteiger partial charge in [0.2, 0.25) is 0 Å². The van der Waals surface area contributed by atoms with Crippen LogP contribution in [-0.2, 0) is 15.8 Å². The zero-order valence-electron chi connectivity index (χ0n) is 11.7. The van der Waals surface area contributed by atoms with Crippen molar-refractivity contribution < 1.29 is 13.5 Å². The summed E-state index contributed by atoms with van der Waals surface area (Å²) in [6, 6.07) is 1.81. The molecule has 1 aromatic rings. The van der Waals surface area contributed by atoms with Crippen LogP contribution in [-0.4, -0.2) is 37.5 Å². The van der Waals surface area contributed by atoms with Crippen molar-refractivity contribution in [3.63, 3.8) is 0 Å². The first-order valence-electron chi connectivity index (χ1n) is 6.92. The molecule has 1 unspecified atom stereocenters. The van der Waals surface area contributed by atoms with Crippen LogP contribution in [0, 0.1) is 0 Å². The molecule has 0 aliphatic carbocycles. The average molecular weight is 318 g/mol. The van der Waals surface area contributed by atoms with Crippen molar-refractivity contribution in [1.82, 2.24) is 9.03 Å². The highest BCUT2D eigenvalue weighted by Crippen LogP contribution is 2.22. The molecule has 2 heterocycles. The van der Waals surface area contributed by atoms with Crippen LogP contribution in [0.2, 0.25) is 0 Å². The summed E-state index contributed by atoms with van der Waals surface area (Å²) in [6.45, 7) is 2.74. The van der Waals surface area contributed by atoms with Crippen LogP contribution in [0.1, 0.15) is 38.2 Å². The lowest BCUT2D eigenvalue weighted by Gasteiger charge is -2.26. The van der Waals surface area contributed by atoms with E-state index in [2.05, 4.69) is 4.72 Å². The first kappa shape index (κ1) is 15.9. The smallest absolute Gasteiger partial charge is 0.279 e. The molecule has 2 N–H and O–H groups in total. The summed E-state index contributed by atoms with van der Waals surface area (Å²) in [6.07, 6.45) is 3.97. The van der Waals surface area contributed by atoms with Crippen molar-refractivity contribution >= 4 is 21.5 Å². The molecule has 1 saturated heterocycles. The third-order valence-corrected chi connectivity index (χ3v) is 5.88. The first-order chi connectivity index (χ1) is 9.42. The maximum Gasteiger partial charge on any atom is 0.279 e. The Morgan fingerprint density at radius 1 is 1.35 bits per heavy atom. The van der Waals surface area contributed by atoms with Crippen LogP contribution in [0.15, 0.2) is 16.8 Å². The van der Waals surface area contributed by atoms with Gasteiger partial charge in [-0.3, -0.25) is 0 Å². The Bertz CT molecular complexity index is 504. The molecular formula is C13H22N2O3S2. The number of nitrogens with one attached hydrogen (secondary N) is 1. The summed E-state index contributed by atoms with van der Waals surface area (Å²) in [5.74, 6) is 0. The molecule has 1 aliphatic rings. The summed E-state index contributed by atoms with van der Waals surface area (Å²) in [5.41, 5.74) is -0.445. The van der Waals surface area contributed by atoms with E-state index in [1.165, 1.54) is 15.6 Å². The molecule has 0 amide bonds. The van der Waals surface area contributed by atoms with Gasteiger partial charge in [0.25, 0.3) is 10.2 Å². The molecule has 0 spiro atoms. The molecule has 0 bridgehead atoms. The number of aliphatic hydroxyl groups is 1. The Kier molecular flexibility index (Phi) is 5.19. The molecule has 1 aliphatic heterocycles. The summed E-state index contributed by atoms with van der Waals surface area (Å²) in [4.78, 5) is 0. The molecule has 5 nitrogen and oxygen atoms in total. The van der Waals surface area contributed by atoms with E-state index in [0.717, 1.165) is 31.2 Å². The minimum Gasteiger partial charge on any atom is -0.384 e. The Morgan fingerprint density at radius 3 is 2.55 bits per heavy atom. The zero-order chi connectivity index (χ0) is 14.6. The molecule has 7 heteroatoms. The fraction of sp³-hybridized carbons (Fsp3) is 0.692. The predicted molar refractivity (Wildman–Crippen MR) is 80.9 cm³/mol. The molecule has 0 aromatic carbocycles. The Hall–Kier alpha value is -0.470. The van der Waals surface area contributed by atoms with Crippen molar-refractivity contribution in [1.29, 1.82) is 0 Å². The highest BCUT2D eigenvalue weighted by atomic mass is 32.2. The van der Waals surface area contributed by atoms with E-state index in [1.54, 1.807) is 6.92 Å². The topological polar surface area (TPSA) is 69.6 Å². The van der Waals surface area contributed by atoms with E-state index in [0.29, 0.717) is 13.1 Å². The number of thiophene rings is 1. The van der Waals surface area contributed by atoms with Crippen molar-refractivity contribution in [2.75, 3.05) is 19.6 Å². The Morgan fingerprint density at radius 2 is 2.00 bits per heavy atom. The van der Waals surface area contributed by atoms with E-state index < -0.39 is 15.8 Å². The molecule has 2 rings (SSSR count). The third kappa shape index (κ3) is 4.02. The monoisotopic (exact) mass is 318 g/mol. The summed E-state index contributed by atoms with van der Waals surface area (Å²) >= 11 is 1.48. The Balaban J connectivity index is 1.98. The standard InChI is InChI=1S/C13H22N2O3S2/c1-13(16,12-6-9-19-10-12)11-14-20(17,18)15-7-4-2-3-5-8-15/h6,9-10,14,16H,2-5,7-8,11H2,1H3. The zero-order valence-corrected chi connectivity index (χ0v) is 13.3. The van der Waals surface area contributed by atoms with Gasteiger partial charge in [0.05, 0.1) is 0 Å².